The zero-order valence-electron chi connectivity index (χ0n) is 7.53. The van der Waals surface area contributed by atoms with Crippen LogP contribution in [0.4, 0.5) is 0 Å². The second kappa shape index (κ2) is 2.71. The first-order valence-corrected chi connectivity index (χ1v) is 5.02. The molecule has 0 radical (unpaired) electrons. The predicted octanol–water partition coefficient (Wildman–Crippen LogP) is 1.83. The molecule has 0 unspecified atom stereocenters. The molecule has 0 aromatic carbocycles. The maximum atomic E-state index is 8.66. The Labute approximate surface area is 81.2 Å². The molecule has 66 valence electrons. The van der Waals surface area contributed by atoms with E-state index in [0.29, 0.717) is 0 Å². The summed E-state index contributed by atoms with van der Waals surface area (Å²) < 4.78 is 0.0316. The highest BCUT2D eigenvalue weighted by Crippen LogP contribution is 2.44. The lowest BCUT2D eigenvalue weighted by atomic mass is 10.1. The number of nitriles is 1. The van der Waals surface area contributed by atoms with Crippen molar-refractivity contribution in [1.29, 1.82) is 5.26 Å². The van der Waals surface area contributed by atoms with Gasteiger partial charge in [-0.3, -0.25) is 0 Å². The summed E-state index contributed by atoms with van der Waals surface area (Å²) in [5.41, 5.74) is 2.18. The molecule has 1 aliphatic rings. The van der Waals surface area contributed by atoms with Gasteiger partial charge in [-0.25, -0.2) is 9.97 Å². The maximum Gasteiger partial charge on any atom is 0.232 e. The van der Waals surface area contributed by atoms with E-state index in [0.717, 1.165) is 17.0 Å². The number of hydrogen-bond donors (Lipinski definition) is 0. The first-order chi connectivity index (χ1) is 6.13. The van der Waals surface area contributed by atoms with Gasteiger partial charge in [-0.2, -0.15) is 5.26 Å². The van der Waals surface area contributed by atoms with E-state index in [9.17, 15) is 0 Å². The highest BCUT2D eigenvalue weighted by atomic mass is 32.2. The zero-order valence-corrected chi connectivity index (χ0v) is 8.35. The summed E-state index contributed by atoms with van der Waals surface area (Å²) in [6.45, 7) is 4.25. The molecule has 1 aliphatic heterocycles. The van der Waals surface area contributed by atoms with Crippen LogP contribution in [-0.2, 0) is 10.5 Å². The third kappa shape index (κ3) is 1.29. The molecular formula is C9H9N3S. The normalized spacial score (nSPS) is 17.9. The molecular weight excluding hydrogens is 182 g/mol. The fourth-order valence-electron chi connectivity index (χ4n) is 1.41. The lowest BCUT2D eigenvalue weighted by Crippen LogP contribution is -2.11. The van der Waals surface area contributed by atoms with E-state index in [2.05, 4.69) is 23.8 Å². The third-order valence-electron chi connectivity index (χ3n) is 2.12. The quantitative estimate of drug-likeness (QED) is 0.627. The predicted molar refractivity (Wildman–Crippen MR) is 51.1 cm³/mol. The first-order valence-electron chi connectivity index (χ1n) is 4.04. The summed E-state index contributed by atoms with van der Waals surface area (Å²) in [7, 11) is 0. The fourth-order valence-corrected chi connectivity index (χ4v) is 2.46. The van der Waals surface area contributed by atoms with Crippen LogP contribution >= 0.6 is 11.8 Å². The van der Waals surface area contributed by atoms with Gasteiger partial charge in [0.1, 0.15) is 6.07 Å². The molecule has 0 bridgehead atoms. The van der Waals surface area contributed by atoms with Crippen LogP contribution in [0.15, 0.2) is 6.20 Å². The summed E-state index contributed by atoms with van der Waals surface area (Å²) in [5.74, 6) is 1.22. The highest BCUT2D eigenvalue weighted by Gasteiger charge is 2.32. The van der Waals surface area contributed by atoms with Crippen molar-refractivity contribution in [3.05, 3.63) is 23.3 Å². The van der Waals surface area contributed by atoms with Crippen molar-refractivity contribution in [2.45, 2.75) is 24.3 Å². The average Bonchev–Trinajstić information content (AvgIpc) is 2.42. The molecule has 0 fully saturated rings. The van der Waals surface area contributed by atoms with Gasteiger partial charge >= 0.3 is 0 Å². The molecule has 13 heavy (non-hydrogen) atoms. The van der Waals surface area contributed by atoms with Crippen molar-refractivity contribution < 1.29 is 0 Å². The molecule has 0 spiro atoms. The molecule has 0 atom stereocenters. The van der Waals surface area contributed by atoms with E-state index in [4.69, 9.17) is 5.26 Å². The van der Waals surface area contributed by atoms with Crippen LogP contribution in [0.2, 0.25) is 0 Å². The SMILES string of the molecule is CC1(C)SCc2cnc(C#N)nc21. The van der Waals surface area contributed by atoms with E-state index in [1.807, 2.05) is 17.8 Å². The Balaban J connectivity index is 2.57. The van der Waals surface area contributed by atoms with Gasteiger partial charge < -0.3 is 0 Å². The van der Waals surface area contributed by atoms with Crippen LogP contribution in [0.1, 0.15) is 30.9 Å². The Hall–Kier alpha value is -1.08. The van der Waals surface area contributed by atoms with Crippen LogP contribution < -0.4 is 0 Å². The van der Waals surface area contributed by atoms with Gasteiger partial charge in [0.15, 0.2) is 0 Å². The Bertz CT molecular complexity index is 392. The van der Waals surface area contributed by atoms with Crippen LogP contribution in [-0.4, -0.2) is 9.97 Å². The summed E-state index contributed by atoms with van der Waals surface area (Å²) in [6.07, 6.45) is 1.77. The van der Waals surface area contributed by atoms with E-state index >= 15 is 0 Å². The second-order valence-corrected chi connectivity index (χ2v) is 5.08. The lowest BCUT2D eigenvalue weighted by Gasteiger charge is -2.15. The number of thioether (sulfide) groups is 1. The Morgan fingerprint density at radius 1 is 1.62 bits per heavy atom. The van der Waals surface area contributed by atoms with E-state index in [-0.39, 0.29) is 10.6 Å². The van der Waals surface area contributed by atoms with Gasteiger partial charge in [0.25, 0.3) is 0 Å². The maximum absolute atomic E-state index is 8.66. The van der Waals surface area contributed by atoms with Gasteiger partial charge in [0.2, 0.25) is 5.82 Å². The molecule has 0 N–H and O–H groups in total. The second-order valence-electron chi connectivity index (χ2n) is 3.48. The van der Waals surface area contributed by atoms with Gasteiger partial charge in [-0.1, -0.05) is 0 Å². The smallest absolute Gasteiger partial charge is 0.227 e. The van der Waals surface area contributed by atoms with Crippen LogP contribution in [0.3, 0.4) is 0 Å². The molecule has 0 aliphatic carbocycles. The first kappa shape index (κ1) is 8.52. The van der Waals surface area contributed by atoms with Gasteiger partial charge in [0.05, 0.1) is 10.4 Å². The van der Waals surface area contributed by atoms with Crippen LogP contribution in [0, 0.1) is 11.3 Å². The topological polar surface area (TPSA) is 49.6 Å². The van der Waals surface area contributed by atoms with Crippen LogP contribution in [0.5, 0.6) is 0 Å². The lowest BCUT2D eigenvalue weighted by molar-refractivity contribution is 0.747. The summed E-state index contributed by atoms with van der Waals surface area (Å²) in [5, 5.41) is 8.66. The number of nitrogens with zero attached hydrogens (tertiary/aromatic N) is 3. The molecule has 1 aromatic rings. The summed E-state index contributed by atoms with van der Waals surface area (Å²) >= 11 is 1.84. The highest BCUT2D eigenvalue weighted by molar-refractivity contribution is 7.99. The van der Waals surface area contributed by atoms with Crippen molar-refractivity contribution in [3.8, 4) is 6.07 Å². The minimum absolute atomic E-state index is 0.0316. The van der Waals surface area contributed by atoms with Crippen molar-refractivity contribution in [1.82, 2.24) is 9.97 Å². The van der Waals surface area contributed by atoms with E-state index < -0.39 is 0 Å². The zero-order chi connectivity index (χ0) is 9.47. The Morgan fingerprint density at radius 2 is 2.38 bits per heavy atom. The molecule has 2 rings (SSSR count). The largest absolute Gasteiger partial charge is 0.232 e. The van der Waals surface area contributed by atoms with Crippen LogP contribution in [0.25, 0.3) is 0 Å². The number of aromatic nitrogens is 2. The number of hydrogen-bond acceptors (Lipinski definition) is 4. The molecule has 4 heteroatoms. The van der Waals surface area contributed by atoms with Gasteiger partial charge in [0, 0.05) is 17.5 Å². The third-order valence-corrected chi connectivity index (χ3v) is 3.49. The Morgan fingerprint density at radius 3 is 3.08 bits per heavy atom. The molecule has 0 saturated carbocycles. The fraction of sp³-hybridized carbons (Fsp3) is 0.444. The van der Waals surface area contributed by atoms with Crippen molar-refractivity contribution >= 4 is 11.8 Å². The van der Waals surface area contributed by atoms with Gasteiger partial charge in [-0.05, 0) is 13.8 Å². The molecule has 0 saturated heterocycles. The minimum Gasteiger partial charge on any atom is -0.227 e. The number of rotatable bonds is 0. The van der Waals surface area contributed by atoms with Crippen molar-refractivity contribution in [2.24, 2.45) is 0 Å². The standard InChI is InChI=1S/C9H9N3S/c1-9(2)8-6(5-13-9)4-11-7(3-10)12-8/h4H,5H2,1-2H3. The monoisotopic (exact) mass is 191 g/mol. The average molecular weight is 191 g/mol. The van der Waals surface area contributed by atoms with Gasteiger partial charge in [-0.15, -0.1) is 11.8 Å². The molecule has 1 aromatic heterocycles. The summed E-state index contributed by atoms with van der Waals surface area (Å²) in [6, 6.07) is 1.96. The van der Waals surface area contributed by atoms with E-state index in [1.54, 1.807) is 6.20 Å². The molecule has 3 nitrogen and oxygen atoms in total. The minimum atomic E-state index is 0.0316. The van der Waals surface area contributed by atoms with Crippen molar-refractivity contribution in [2.75, 3.05) is 0 Å². The molecule has 2 heterocycles. The number of fused-ring (bicyclic) bond motifs is 1. The molecule has 0 amide bonds. The van der Waals surface area contributed by atoms with E-state index in [1.165, 1.54) is 0 Å². The summed E-state index contributed by atoms with van der Waals surface area (Å²) in [4.78, 5) is 8.18. The van der Waals surface area contributed by atoms with Crippen molar-refractivity contribution in [3.63, 3.8) is 0 Å². The Kier molecular flexibility index (Phi) is 1.77.